The third-order valence-electron chi connectivity index (χ3n) is 4.31. The van der Waals surface area contributed by atoms with Gasteiger partial charge >= 0.3 is 5.16 Å². The topological polar surface area (TPSA) is 106 Å². The molecule has 0 radical (unpaired) electrons. The Morgan fingerprint density at radius 2 is 2.00 bits per heavy atom. The predicted octanol–water partition coefficient (Wildman–Crippen LogP) is 3.27. The number of nitrogens with one attached hydrogen (secondary N) is 1. The number of carbonyl (C=O) groups excluding carboxylic acids is 1. The summed E-state index contributed by atoms with van der Waals surface area (Å²) in [6, 6.07) is 15.3. The Balaban J connectivity index is 1.66. The third kappa shape index (κ3) is 4.22. The van der Waals surface area contributed by atoms with E-state index in [0.717, 1.165) is 21.5 Å². The number of aromatic hydroxyl groups is 1. The maximum atomic E-state index is 12.6. The highest BCUT2D eigenvalue weighted by Crippen LogP contribution is 2.25. The highest BCUT2D eigenvalue weighted by Gasteiger charge is 2.25. The molecule has 0 fully saturated rings. The fourth-order valence-electron chi connectivity index (χ4n) is 2.82. The lowest BCUT2D eigenvalue weighted by atomic mass is 10.1. The van der Waals surface area contributed by atoms with Gasteiger partial charge in [-0.05, 0) is 54.2 Å². The number of hydrogen-bond donors (Lipinski definition) is 2. The number of phenols is 1. The lowest BCUT2D eigenvalue weighted by Gasteiger charge is -2.09. The number of halogens is 1. The number of thioether (sulfide) groups is 1. The first-order valence-corrected chi connectivity index (χ1v) is 10.6. The second-order valence-electron chi connectivity index (χ2n) is 6.30. The zero-order valence-electron chi connectivity index (χ0n) is 15.4. The van der Waals surface area contributed by atoms with E-state index in [4.69, 9.17) is 0 Å². The molecule has 150 valence electrons. The summed E-state index contributed by atoms with van der Waals surface area (Å²) in [6.45, 7) is 0. The Labute approximate surface area is 184 Å². The molecule has 2 heterocycles. The van der Waals surface area contributed by atoms with Crippen LogP contribution < -0.4 is 9.67 Å². The van der Waals surface area contributed by atoms with Gasteiger partial charge < -0.3 is 10.2 Å². The fraction of sp³-hybridized carbons (Fsp3) is 0.0476. The summed E-state index contributed by atoms with van der Waals surface area (Å²) in [5.74, 6) is -0.349. The van der Waals surface area contributed by atoms with Crippen LogP contribution in [0.5, 0.6) is 11.5 Å². The Kier molecular flexibility index (Phi) is 5.82. The number of pyridine rings is 1. The van der Waals surface area contributed by atoms with Crippen molar-refractivity contribution < 1.29 is 19.6 Å². The molecule has 0 amide bonds. The zero-order valence-corrected chi connectivity index (χ0v) is 17.9. The zero-order chi connectivity index (χ0) is 21.1. The van der Waals surface area contributed by atoms with Gasteiger partial charge in [-0.3, -0.25) is 9.78 Å². The van der Waals surface area contributed by atoms with Gasteiger partial charge in [-0.2, -0.15) is 4.57 Å². The SMILES string of the molecule is O=C(CSc1n[nH]c(-c2cccnc2)[n+]1-c1ccc(Br)cc1)c1ccc([O-])c(O)c1. The van der Waals surface area contributed by atoms with Gasteiger partial charge in [0, 0.05) is 22.4 Å². The first-order valence-electron chi connectivity index (χ1n) is 8.86. The maximum Gasteiger partial charge on any atom is 0.342 e. The van der Waals surface area contributed by atoms with Gasteiger partial charge in [0.15, 0.2) is 5.78 Å². The summed E-state index contributed by atoms with van der Waals surface area (Å²) in [5, 5.41) is 28.9. The van der Waals surface area contributed by atoms with E-state index >= 15 is 0 Å². The molecule has 0 aliphatic heterocycles. The van der Waals surface area contributed by atoms with Gasteiger partial charge in [0.2, 0.25) is 0 Å². The summed E-state index contributed by atoms with van der Waals surface area (Å²) in [4.78, 5) is 16.7. The van der Waals surface area contributed by atoms with Crippen LogP contribution in [-0.2, 0) is 0 Å². The molecule has 30 heavy (non-hydrogen) atoms. The van der Waals surface area contributed by atoms with E-state index in [-0.39, 0.29) is 17.1 Å². The average Bonchev–Trinajstić information content (AvgIpc) is 3.19. The number of benzene rings is 2. The molecule has 2 aromatic heterocycles. The molecule has 0 aliphatic rings. The van der Waals surface area contributed by atoms with Crippen LogP contribution in [0.2, 0.25) is 0 Å². The number of aromatic amines is 1. The summed E-state index contributed by atoms with van der Waals surface area (Å²) >= 11 is 4.70. The van der Waals surface area contributed by atoms with Gasteiger partial charge in [-0.25, -0.2) is 0 Å². The van der Waals surface area contributed by atoms with Crippen molar-refractivity contribution in [3.8, 4) is 28.6 Å². The minimum Gasteiger partial charge on any atom is -0.870 e. The number of aromatic nitrogens is 4. The third-order valence-corrected chi connectivity index (χ3v) is 5.77. The molecule has 0 atom stereocenters. The van der Waals surface area contributed by atoms with Crippen molar-refractivity contribution in [1.82, 2.24) is 15.2 Å². The minimum atomic E-state index is -0.513. The highest BCUT2D eigenvalue weighted by molar-refractivity contribution is 9.10. The standard InChI is InChI=1S/C21H15BrN4O3S/c22-15-4-6-16(7-5-15)26-20(14-2-1-9-23-11-14)24-25-21(26)30-12-19(29)13-3-8-17(27)18(28)10-13/h1-11H,12H2,(H2,27,28,29). The van der Waals surface area contributed by atoms with E-state index in [9.17, 15) is 15.0 Å². The van der Waals surface area contributed by atoms with Crippen LogP contribution in [0.1, 0.15) is 10.4 Å². The van der Waals surface area contributed by atoms with Crippen LogP contribution in [0, 0.1) is 0 Å². The number of nitrogens with zero attached hydrogens (tertiary/aromatic N) is 3. The van der Waals surface area contributed by atoms with Gasteiger partial charge in [0.05, 0.1) is 16.4 Å². The number of H-pyrrole nitrogens is 1. The van der Waals surface area contributed by atoms with Crippen molar-refractivity contribution in [3.05, 3.63) is 77.0 Å². The normalized spacial score (nSPS) is 10.8. The van der Waals surface area contributed by atoms with Crippen LogP contribution >= 0.6 is 27.7 Å². The number of phenolic OH excluding ortho intramolecular Hbond substituents is 1. The molecule has 9 heteroatoms. The number of rotatable bonds is 6. The summed E-state index contributed by atoms with van der Waals surface area (Å²) in [6.07, 6.45) is 3.43. The molecule has 0 spiro atoms. The van der Waals surface area contributed by atoms with E-state index < -0.39 is 11.5 Å². The highest BCUT2D eigenvalue weighted by atomic mass is 79.9. The lowest BCUT2D eigenvalue weighted by molar-refractivity contribution is -0.625. The van der Waals surface area contributed by atoms with Gasteiger partial charge in [0.25, 0.3) is 5.82 Å². The van der Waals surface area contributed by atoms with Crippen molar-refractivity contribution in [1.29, 1.82) is 0 Å². The summed E-state index contributed by atoms with van der Waals surface area (Å²) in [7, 11) is 0. The van der Waals surface area contributed by atoms with Gasteiger partial charge in [-0.1, -0.05) is 33.8 Å². The summed E-state index contributed by atoms with van der Waals surface area (Å²) < 4.78 is 2.86. The van der Waals surface area contributed by atoms with Crippen molar-refractivity contribution in [2.45, 2.75) is 5.16 Å². The second kappa shape index (κ2) is 8.68. The molecular weight excluding hydrogens is 468 g/mol. The molecule has 0 saturated heterocycles. The first-order chi connectivity index (χ1) is 14.5. The van der Waals surface area contributed by atoms with Crippen molar-refractivity contribution >= 4 is 33.5 Å². The Morgan fingerprint density at radius 1 is 1.20 bits per heavy atom. The quantitative estimate of drug-likeness (QED) is 0.248. The van der Waals surface area contributed by atoms with E-state index in [2.05, 4.69) is 31.1 Å². The largest absolute Gasteiger partial charge is 0.870 e. The Morgan fingerprint density at radius 3 is 2.70 bits per heavy atom. The molecule has 0 aliphatic carbocycles. The minimum absolute atomic E-state index is 0.0888. The van der Waals surface area contributed by atoms with Crippen LogP contribution in [0.15, 0.2) is 76.6 Å². The van der Waals surface area contributed by atoms with Crippen molar-refractivity contribution in [2.75, 3.05) is 5.75 Å². The molecule has 2 aromatic carbocycles. The van der Waals surface area contributed by atoms with Crippen LogP contribution in [-0.4, -0.2) is 31.8 Å². The van der Waals surface area contributed by atoms with Gasteiger partial charge in [-0.15, -0.1) is 5.10 Å². The average molecular weight is 483 g/mol. The molecular formula is C21H15BrN4O3S. The summed E-state index contributed by atoms with van der Waals surface area (Å²) in [5.41, 5.74) is 1.99. The first kappa shape index (κ1) is 20.1. The monoisotopic (exact) mass is 482 g/mol. The number of ketones is 1. The van der Waals surface area contributed by atoms with E-state index in [1.807, 2.05) is 41.0 Å². The lowest BCUT2D eigenvalue weighted by Crippen LogP contribution is -2.34. The molecule has 4 aromatic rings. The molecule has 7 nitrogen and oxygen atoms in total. The predicted molar refractivity (Wildman–Crippen MR) is 114 cm³/mol. The van der Waals surface area contributed by atoms with E-state index in [1.54, 1.807) is 12.4 Å². The second-order valence-corrected chi connectivity index (χ2v) is 8.16. The molecule has 0 unspecified atom stereocenters. The van der Waals surface area contributed by atoms with Crippen molar-refractivity contribution in [3.63, 3.8) is 0 Å². The van der Waals surface area contributed by atoms with Crippen LogP contribution in [0.3, 0.4) is 0 Å². The van der Waals surface area contributed by atoms with Crippen molar-refractivity contribution in [2.24, 2.45) is 0 Å². The molecule has 0 bridgehead atoms. The van der Waals surface area contributed by atoms with E-state index in [0.29, 0.717) is 5.16 Å². The molecule has 0 saturated carbocycles. The van der Waals surface area contributed by atoms with E-state index in [1.165, 1.54) is 30.0 Å². The fourth-order valence-corrected chi connectivity index (χ4v) is 3.95. The number of hydrogen-bond acceptors (Lipinski definition) is 6. The number of carbonyl (C=O) groups is 1. The molecule has 2 N–H and O–H groups in total. The van der Waals surface area contributed by atoms with Gasteiger partial charge in [0.1, 0.15) is 11.4 Å². The van der Waals surface area contributed by atoms with Crippen LogP contribution in [0.4, 0.5) is 0 Å². The number of Topliss-reactive ketones (excluding diaryl/α,β-unsaturated/α-hetero) is 1. The Hall–Kier alpha value is -3.17. The maximum absolute atomic E-state index is 12.6. The molecule has 4 rings (SSSR count). The smallest absolute Gasteiger partial charge is 0.342 e. The Bertz CT molecular complexity index is 1200. The van der Waals surface area contributed by atoms with Crippen LogP contribution in [0.25, 0.3) is 17.1 Å².